The van der Waals surface area contributed by atoms with Crippen LogP contribution in [0.25, 0.3) is 6.08 Å². The summed E-state index contributed by atoms with van der Waals surface area (Å²) in [4.78, 5) is 22.2. The van der Waals surface area contributed by atoms with Gasteiger partial charge in [-0.25, -0.2) is 4.79 Å². The van der Waals surface area contributed by atoms with E-state index < -0.39 is 5.97 Å². The SMILES string of the molecule is O=C(O)C=Cc1ccccc1Cn1ccccc1=O. The third kappa shape index (κ3) is 3.42. The molecule has 0 saturated carbocycles. The Labute approximate surface area is 110 Å². The topological polar surface area (TPSA) is 59.3 Å². The molecule has 0 bridgehead atoms. The van der Waals surface area contributed by atoms with Crippen LogP contribution in [0.15, 0.2) is 59.5 Å². The first-order chi connectivity index (χ1) is 9.16. The van der Waals surface area contributed by atoms with Gasteiger partial charge < -0.3 is 9.67 Å². The van der Waals surface area contributed by atoms with E-state index in [2.05, 4.69) is 0 Å². The predicted molar refractivity (Wildman–Crippen MR) is 72.9 cm³/mol. The molecule has 1 heterocycles. The molecule has 2 rings (SSSR count). The van der Waals surface area contributed by atoms with Crippen LogP contribution in [0.3, 0.4) is 0 Å². The smallest absolute Gasteiger partial charge is 0.328 e. The maximum absolute atomic E-state index is 11.7. The highest BCUT2D eigenvalue weighted by Crippen LogP contribution is 2.11. The van der Waals surface area contributed by atoms with Crippen molar-refractivity contribution >= 4 is 12.0 Å². The van der Waals surface area contributed by atoms with E-state index in [9.17, 15) is 9.59 Å². The van der Waals surface area contributed by atoms with E-state index in [1.54, 1.807) is 22.9 Å². The Bertz CT molecular complexity index is 671. The van der Waals surface area contributed by atoms with Crippen LogP contribution in [0.5, 0.6) is 0 Å². The Morgan fingerprint density at radius 3 is 2.63 bits per heavy atom. The minimum atomic E-state index is -0.994. The van der Waals surface area contributed by atoms with Gasteiger partial charge in [-0.3, -0.25) is 4.79 Å². The maximum Gasteiger partial charge on any atom is 0.328 e. The van der Waals surface area contributed by atoms with Crippen LogP contribution >= 0.6 is 0 Å². The van der Waals surface area contributed by atoms with Crippen LogP contribution in [-0.2, 0) is 11.3 Å². The lowest BCUT2D eigenvalue weighted by Gasteiger charge is -2.08. The van der Waals surface area contributed by atoms with Crippen LogP contribution < -0.4 is 5.56 Å². The molecule has 0 atom stereocenters. The van der Waals surface area contributed by atoms with Gasteiger partial charge in [0, 0.05) is 18.3 Å². The van der Waals surface area contributed by atoms with Crippen molar-refractivity contribution in [2.45, 2.75) is 6.54 Å². The van der Waals surface area contributed by atoms with Crippen LogP contribution in [-0.4, -0.2) is 15.6 Å². The number of pyridine rings is 1. The van der Waals surface area contributed by atoms with Gasteiger partial charge in [-0.2, -0.15) is 0 Å². The average Bonchev–Trinajstić information content (AvgIpc) is 2.40. The number of carboxylic acid groups (broad SMARTS) is 1. The zero-order chi connectivity index (χ0) is 13.7. The van der Waals surface area contributed by atoms with Gasteiger partial charge in [0.05, 0.1) is 6.54 Å². The number of aliphatic carboxylic acids is 1. The van der Waals surface area contributed by atoms with Gasteiger partial charge in [-0.15, -0.1) is 0 Å². The molecule has 1 aromatic carbocycles. The minimum absolute atomic E-state index is 0.0838. The van der Waals surface area contributed by atoms with Gasteiger partial charge in [0.2, 0.25) is 0 Å². The largest absolute Gasteiger partial charge is 0.478 e. The van der Waals surface area contributed by atoms with Crippen molar-refractivity contribution in [2.75, 3.05) is 0 Å². The Morgan fingerprint density at radius 2 is 1.89 bits per heavy atom. The molecule has 0 radical (unpaired) electrons. The molecule has 0 spiro atoms. The lowest BCUT2D eigenvalue weighted by molar-refractivity contribution is -0.131. The summed E-state index contributed by atoms with van der Waals surface area (Å²) in [5, 5.41) is 8.66. The van der Waals surface area contributed by atoms with E-state index in [-0.39, 0.29) is 5.56 Å². The highest BCUT2D eigenvalue weighted by molar-refractivity contribution is 5.85. The third-order valence-corrected chi connectivity index (χ3v) is 2.70. The molecule has 0 aliphatic rings. The first-order valence-electron chi connectivity index (χ1n) is 5.81. The molecule has 4 heteroatoms. The number of hydrogen-bond acceptors (Lipinski definition) is 2. The van der Waals surface area contributed by atoms with Gasteiger partial charge >= 0.3 is 5.97 Å². The van der Waals surface area contributed by atoms with Crippen molar-refractivity contribution in [1.29, 1.82) is 0 Å². The number of benzene rings is 1. The fourth-order valence-electron chi connectivity index (χ4n) is 1.78. The number of aromatic nitrogens is 1. The van der Waals surface area contributed by atoms with Crippen molar-refractivity contribution in [3.63, 3.8) is 0 Å². The number of carboxylic acids is 1. The minimum Gasteiger partial charge on any atom is -0.478 e. The average molecular weight is 255 g/mol. The van der Waals surface area contributed by atoms with Crippen molar-refractivity contribution in [3.05, 3.63) is 76.2 Å². The molecule has 2 aromatic rings. The summed E-state index contributed by atoms with van der Waals surface area (Å²) in [6, 6.07) is 12.4. The second-order valence-corrected chi connectivity index (χ2v) is 4.04. The molecule has 0 aliphatic heterocycles. The zero-order valence-corrected chi connectivity index (χ0v) is 10.2. The van der Waals surface area contributed by atoms with Gasteiger partial charge in [0.1, 0.15) is 0 Å². The Balaban J connectivity index is 2.33. The summed E-state index contributed by atoms with van der Waals surface area (Å²) in [6.45, 7) is 0.416. The standard InChI is InChI=1S/C15H13NO3/c17-14-7-3-4-10-16(14)11-13-6-2-1-5-12(13)8-9-15(18)19/h1-10H,11H2,(H,18,19). The highest BCUT2D eigenvalue weighted by Gasteiger charge is 2.01. The molecule has 0 fully saturated rings. The van der Waals surface area contributed by atoms with E-state index in [0.717, 1.165) is 17.2 Å². The second kappa shape index (κ2) is 5.82. The quantitative estimate of drug-likeness (QED) is 0.850. The van der Waals surface area contributed by atoms with Crippen molar-refractivity contribution in [1.82, 2.24) is 4.57 Å². The zero-order valence-electron chi connectivity index (χ0n) is 10.2. The summed E-state index contributed by atoms with van der Waals surface area (Å²) in [5.41, 5.74) is 1.61. The fourth-order valence-corrected chi connectivity index (χ4v) is 1.78. The normalized spacial score (nSPS) is 10.7. The molecule has 1 aromatic heterocycles. The van der Waals surface area contributed by atoms with E-state index >= 15 is 0 Å². The van der Waals surface area contributed by atoms with Crippen LogP contribution in [0, 0.1) is 0 Å². The van der Waals surface area contributed by atoms with E-state index in [1.165, 1.54) is 12.1 Å². The van der Waals surface area contributed by atoms with Gasteiger partial charge in [-0.05, 0) is 23.3 Å². The Morgan fingerprint density at radius 1 is 1.16 bits per heavy atom. The molecule has 0 saturated heterocycles. The van der Waals surface area contributed by atoms with E-state index in [1.807, 2.05) is 24.3 Å². The van der Waals surface area contributed by atoms with Gasteiger partial charge in [-0.1, -0.05) is 30.3 Å². The van der Waals surface area contributed by atoms with Crippen molar-refractivity contribution in [2.24, 2.45) is 0 Å². The van der Waals surface area contributed by atoms with E-state index in [0.29, 0.717) is 6.54 Å². The molecule has 19 heavy (non-hydrogen) atoms. The summed E-state index contributed by atoms with van der Waals surface area (Å²) in [7, 11) is 0. The summed E-state index contributed by atoms with van der Waals surface area (Å²) < 4.78 is 1.58. The molecule has 96 valence electrons. The van der Waals surface area contributed by atoms with Crippen molar-refractivity contribution < 1.29 is 9.90 Å². The summed E-state index contributed by atoms with van der Waals surface area (Å²) >= 11 is 0. The van der Waals surface area contributed by atoms with Crippen LogP contribution in [0.1, 0.15) is 11.1 Å². The Kier molecular flexibility index (Phi) is 3.93. The lowest BCUT2D eigenvalue weighted by atomic mass is 10.1. The number of nitrogens with zero attached hydrogens (tertiary/aromatic N) is 1. The molecule has 4 nitrogen and oxygen atoms in total. The van der Waals surface area contributed by atoms with Crippen molar-refractivity contribution in [3.8, 4) is 0 Å². The highest BCUT2D eigenvalue weighted by atomic mass is 16.4. The molecule has 1 N–H and O–H groups in total. The monoisotopic (exact) mass is 255 g/mol. The maximum atomic E-state index is 11.7. The summed E-state index contributed by atoms with van der Waals surface area (Å²) in [6.07, 6.45) is 4.33. The molecular weight excluding hydrogens is 242 g/mol. The second-order valence-electron chi connectivity index (χ2n) is 4.04. The molecular formula is C15H13NO3. The van der Waals surface area contributed by atoms with Crippen LogP contribution in [0.4, 0.5) is 0 Å². The first-order valence-corrected chi connectivity index (χ1v) is 5.81. The summed E-state index contributed by atoms with van der Waals surface area (Å²) in [5.74, 6) is -0.994. The van der Waals surface area contributed by atoms with Crippen LogP contribution in [0.2, 0.25) is 0 Å². The molecule has 0 amide bonds. The van der Waals surface area contributed by atoms with E-state index in [4.69, 9.17) is 5.11 Å². The predicted octanol–water partition coefficient (Wildman–Crippen LogP) is 1.99. The molecule has 0 unspecified atom stereocenters. The molecule has 0 aliphatic carbocycles. The van der Waals surface area contributed by atoms with Gasteiger partial charge in [0.15, 0.2) is 0 Å². The lowest BCUT2D eigenvalue weighted by Crippen LogP contribution is -2.18. The Hall–Kier alpha value is -2.62. The third-order valence-electron chi connectivity index (χ3n) is 2.70. The van der Waals surface area contributed by atoms with Gasteiger partial charge in [0.25, 0.3) is 5.56 Å². The number of hydrogen-bond donors (Lipinski definition) is 1. The fraction of sp³-hybridized carbons (Fsp3) is 0.0667. The number of carbonyl (C=O) groups is 1. The number of rotatable bonds is 4. The first kappa shape index (κ1) is 12.8.